The van der Waals surface area contributed by atoms with Gasteiger partial charge in [-0.2, -0.15) is 0 Å². The highest BCUT2D eigenvalue weighted by Gasteiger charge is 2.40. The molecule has 0 bridgehead atoms. The lowest BCUT2D eigenvalue weighted by Crippen LogP contribution is -2.44. The van der Waals surface area contributed by atoms with Crippen LogP contribution in [-0.2, 0) is 0 Å². The van der Waals surface area contributed by atoms with E-state index in [0.29, 0.717) is 18.2 Å². The second kappa shape index (κ2) is 4.94. The first kappa shape index (κ1) is 12.8. The first-order valence-corrected chi connectivity index (χ1v) is 6.25. The van der Waals surface area contributed by atoms with Gasteiger partial charge in [0, 0.05) is 31.0 Å². The third-order valence-corrected chi connectivity index (χ3v) is 3.55. The molecule has 1 fully saturated rings. The number of rotatable bonds is 5. The zero-order chi connectivity index (χ0) is 13.2. The second-order valence-electron chi connectivity index (χ2n) is 5.03. The minimum absolute atomic E-state index is 0.0959. The highest BCUT2D eigenvalue weighted by Crippen LogP contribution is 2.40. The highest BCUT2D eigenvalue weighted by molar-refractivity contribution is 5.92. The summed E-state index contributed by atoms with van der Waals surface area (Å²) in [6.45, 7) is 2.71. The zero-order valence-electron chi connectivity index (χ0n) is 10.9. The van der Waals surface area contributed by atoms with E-state index in [2.05, 4.69) is 22.5 Å². The van der Waals surface area contributed by atoms with Gasteiger partial charge in [-0.15, -0.1) is 0 Å². The molecule has 0 radical (unpaired) electrons. The molecule has 1 aromatic rings. The Balaban J connectivity index is 2.16. The molecule has 0 spiro atoms. The van der Waals surface area contributed by atoms with Crippen LogP contribution in [0, 0.1) is 5.92 Å². The summed E-state index contributed by atoms with van der Waals surface area (Å²) in [5.41, 5.74) is 7.07. The van der Waals surface area contributed by atoms with Crippen molar-refractivity contribution >= 4 is 11.6 Å². The van der Waals surface area contributed by atoms with Crippen LogP contribution in [-0.4, -0.2) is 30.0 Å². The monoisotopic (exact) mass is 248 g/mol. The van der Waals surface area contributed by atoms with Gasteiger partial charge in [-0.25, -0.2) is 0 Å². The fourth-order valence-electron chi connectivity index (χ4n) is 2.13. The van der Waals surface area contributed by atoms with Crippen LogP contribution in [0.5, 0.6) is 0 Å². The minimum atomic E-state index is -0.181. The van der Waals surface area contributed by atoms with Gasteiger partial charge in [0.05, 0.1) is 0 Å². The molecular weight excluding hydrogens is 228 g/mol. The van der Waals surface area contributed by atoms with Gasteiger partial charge in [0.1, 0.15) is 5.69 Å². The average Bonchev–Trinajstić information content (AvgIpc) is 3.22. The lowest BCUT2D eigenvalue weighted by Gasteiger charge is -2.30. The largest absolute Gasteiger partial charge is 0.378 e. The number of hydrogen-bond donors (Lipinski definition) is 3. The fraction of sp³-hybridized carbons (Fsp3) is 0.538. The third kappa shape index (κ3) is 2.61. The lowest BCUT2D eigenvalue weighted by molar-refractivity contribution is 0.0958. The normalized spacial score (nSPS) is 17.9. The fourth-order valence-corrected chi connectivity index (χ4v) is 2.13. The van der Waals surface area contributed by atoms with Gasteiger partial charge in [-0.3, -0.25) is 9.78 Å². The van der Waals surface area contributed by atoms with Crippen molar-refractivity contribution in [1.29, 1.82) is 0 Å². The predicted molar refractivity (Wildman–Crippen MR) is 71.4 cm³/mol. The average molecular weight is 248 g/mol. The first-order chi connectivity index (χ1) is 8.59. The molecule has 1 aromatic heterocycles. The van der Waals surface area contributed by atoms with E-state index in [1.54, 1.807) is 19.3 Å². The Hall–Kier alpha value is -1.62. The molecule has 0 aromatic carbocycles. The molecule has 0 aliphatic heterocycles. The Morgan fingerprint density at radius 3 is 2.89 bits per heavy atom. The van der Waals surface area contributed by atoms with Gasteiger partial charge in [-0.1, -0.05) is 0 Å². The summed E-state index contributed by atoms with van der Waals surface area (Å²) in [4.78, 5) is 15.6. The van der Waals surface area contributed by atoms with Crippen molar-refractivity contribution in [2.24, 2.45) is 11.7 Å². The summed E-state index contributed by atoms with van der Waals surface area (Å²) in [6, 6.07) is 3.62. The topological polar surface area (TPSA) is 80.0 Å². The quantitative estimate of drug-likeness (QED) is 0.725. The molecule has 1 saturated carbocycles. The summed E-state index contributed by atoms with van der Waals surface area (Å²) in [7, 11) is 1.60. The standard InChI is InChI=1S/C13H20N4O/c1-13(8-14,9-3-4-9)17-10-5-6-16-11(7-10)12(18)15-2/h5-7,9H,3-4,8,14H2,1-2H3,(H,15,18)(H,16,17). The van der Waals surface area contributed by atoms with Crippen molar-refractivity contribution in [2.45, 2.75) is 25.3 Å². The van der Waals surface area contributed by atoms with Crippen molar-refractivity contribution in [1.82, 2.24) is 10.3 Å². The Kier molecular flexibility index (Phi) is 3.52. The van der Waals surface area contributed by atoms with Crippen LogP contribution < -0.4 is 16.4 Å². The smallest absolute Gasteiger partial charge is 0.269 e. The maximum Gasteiger partial charge on any atom is 0.269 e. The first-order valence-electron chi connectivity index (χ1n) is 6.25. The van der Waals surface area contributed by atoms with Crippen LogP contribution in [0.2, 0.25) is 0 Å². The van der Waals surface area contributed by atoms with Crippen molar-refractivity contribution in [3.8, 4) is 0 Å². The van der Waals surface area contributed by atoms with Crippen molar-refractivity contribution < 1.29 is 4.79 Å². The molecule has 4 N–H and O–H groups in total. The molecule has 5 nitrogen and oxygen atoms in total. The highest BCUT2D eigenvalue weighted by atomic mass is 16.1. The summed E-state index contributed by atoms with van der Waals surface area (Å²) in [5, 5.41) is 6.01. The molecule has 1 unspecified atom stereocenters. The van der Waals surface area contributed by atoms with Crippen LogP contribution in [0.15, 0.2) is 18.3 Å². The lowest BCUT2D eigenvalue weighted by atomic mass is 9.95. The number of hydrogen-bond acceptors (Lipinski definition) is 4. The Labute approximate surface area is 107 Å². The molecule has 1 aliphatic rings. The molecule has 1 aliphatic carbocycles. The summed E-state index contributed by atoms with van der Waals surface area (Å²) < 4.78 is 0. The van der Waals surface area contributed by atoms with Crippen LogP contribution in [0.3, 0.4) is 0 Å². The number of amides is 1. The van der Waals surface area contributed by atoms with E-state index < -0.39 is 0 Å². The summed E-state index contributed by atoms with van der Waals surface area (Å²) in [5.74, 6) is 0.443. The molecule has 0 saturated heterocycles. The van der Waals surface area contributed by atoms with Gasteiger partial charge in [0.25, 0.3) is 5.91 Å². The molecule has 1 atom stereocenters. The second-order valence-corrected chi connectivity index (χ2v) is 5.03. The van der Waals surface area contributed by atoms with Crippen LogP contribution in [0.25, 0.3) is 0 Å². The van der Waals surface area contributed by atoms with Gasteiger partial charge in [-0.05, 0) is 37.8 Å². The SMILES string of the molecule is CNC(=O)c1cc(NC(C)(CN)C2CC2)ccn1. The van der Waals surface area contributed by atoms with Crippen LogP contribution in [0.4, 0.5) is 5.69 Å². The molecule has 1 amide bonds. The number of pyridine rings is 1. The van der Waals surface area contributed by atoms with E-state index in [-0.39, 0.29) is 11.4 Å². The number of carbonyl (C=O) groups is 1. The maximum absolute atomic E-state index is 11.5. The Morgan fingerprint density at radius 2 is 2.33 bits per heavy atom. The molecule has 18 heavy (non-hydrogen) atoms. The van der Waals surface area contributed by atoms with E-state index in [4.69, 9.17) is 5.73 Å². The third-order valence-electron chi connectivity index (χ3n) is 3.55. The Morgan fingerprint density at radius 1 is 1.61 bits per heavy atom. The predicted octanol–water partition coefficient (Wildman–Crippen LogP) is 0.980. The minimum Gasteiger partial charge on any atom is -0.378 e. The molecule has 1 heterocycles. The molecule has 98 valence electrons. The number of nitrogens with zero attached hydrogens (tertiary/aromatic N) is 1. The number of nitrogens with two attached hydrogens (primary N) is 1. The number of carbonyl (C=O) groups excluding carboxylic acids is 1. The summed E-state index contributed by atoms with van der Waals surface area (Å²) in [6.07, 6.45) is 4.07. The van der Waals surface area contributed by atoms with Crippen molar-refractivity contribution in [3.63, 3.8) is 0 Å². The van der Waals surface area contributed by atoms with E-state index in [1.807, 2.05) is 6.07 Å². The van der Waals surface area contributed by atoms with Gasteiger partial charge < -0.3 is 16.4 Å². The number of anilines is 1. The van der Waals surface area contributed by atoms with E-state index >= 15 is 0 Å². The van der Waals surface area contributed by atoms with Gasteiger partial charge in [0.15, 0.2) is 0 Å². The van der Waals surface area contributed by atoms with Crippen LogP contribution in [0.1, 0.15) is 30.3 Å². The molecule has 2 rings (SSSR count). The van der Waals surface area contributed by atoms with Gasteiger partial charge in [0.2, 0.25) is 0 Å². The van der Waals surface area contributed by atoms with Crippen molar-refractivity contribution in [3.05, 3.63) is 24.0 Å². The zero-order valence-corrected chi connectivity index (χ0v) is 10.9. The maximum atomic E-state index is 11.5. The molecule has 5 heteroatoms. The van der Waals surface area contributed by atoms with E-state index in [9.17, 15) is 4.79 Å². The number of aromatic nitrogens is 1. The van der Waals surface area contributed by atoms with E-state index in [1.165, 1.54) is 12.8 Å². The number of nitrogens with one attached hydrogen (secondary N) is 2. The van der Waals surface area contributed by atoms with Crippen molar-refractivity contribution in [2.75, 3.05) is 18.9 Å². The van der Waals surface area contributed by atoms with Crippen LogP contribution >= 0.6 is 0 Å². The van der Waals surface area contributed by atoms with E-state index in [0.717, 1.165) is 5.69 Å². The summed E-state index contributed by atoms with van der Waals surface area (Å²) >= 11 is 0. The van der Waals surface area contributed by atoms with Gasteiger partial charge >= 0.3 is 0 Å². The molecular formula is C13H20N4O. The Bertz CT molecular complexity index is 444.